The molecule has 1 rings (SSSR count). The third-order valence-corrected chi connectivity index (χ3v) is 1.48. The molecule has 0 aromatic heterocycles. The van der Waals surface area contributed by atoms with E-state index in [0.717, 1.165) is 0 Å². The zero-order valence-electron chi connectivity index (χ0n) is 6.08. The topological polar surface area (TPSA) is 0 Å². The fraction of sp³-hybridized carbons (Fsp3) is 0.750. The van der Waals surface area contributed by atoms with Gasteiger partial charge in [-0.3, -0.25) is 4.39 Å². The van der Waals surface area contributed by atoms with Gasteiger partial charge in [-0.2, -0.15) is 0 Å². The lowest BCUT2D eigenvalue weighted by Crippen LogP contribution is -2.09. The maximum Gasteiger partial charge on any atom is 0.0979 e. The van der Waals surface area contributed by atoms with E-state index in [9.17, 15) is 4.39 Å². The molecular weight excluding hydrogens is 115 g/mol. The molecule has 0 atom stereocenters. The molecule has 0 nitrogen and oxygen atoms in total. The van der Waals surface area contributed by atoms with Gasteiger partial charge in [-0.15, -0.1) is 0 Å². The minimum Gasteiger partial charge on any atom is -0.250 e. The standard InChI is InChI=1S/C8H13F/c1-8(2,6-9)5-7-3-4-7/h5H,3-4,6H2,1-2H3. The molecule has 1 aliphatic carbocycles. The zero-order chi connectivity index (χ0) is 6.91. The molecule has 0 heterocycles. The van der Waals surface area contributed by atoms with Gasteiger partial charge in [-0.1, -0.05) is 25.5 Å². The number of alkyl halides is 1. The summed E-state index contributed by atoms with van der Waals surface area (Å²) in [5, 5.41) is 0. The van der Waals surface area contributed by atoms with Crippen LogP contribution in [0.2, 0.25) is 0 Å². The lowest BCUT2D eigenvalue weighted by atomic mass is 9.95. The van der Waals surface area contributed by atoms with Crippen LogP contribution >= 0.6 is 0 Å². The Kier molecular flexibility index (Phi) is 1.60. The fourth-order valence-corrected chi connectivity index (χ4v) is 0.808. The summed E-state index contributed by atoms with van der Waals surface area (Å²) in [7, 11) is 0. The Morgan fingerprint density at radius 1 is 1.56 bits per heavy atom. The average Bonchev–Trinajstić information content (AvgIpc) is 2.50. The van der Waals surface area contributed by atoms with E-state index >= 15 is 0 Å². The first kappa shape index (κ1) is 6.79. The quantitative estimate of drug-likeness (QED) is 0.501. The van der Waals surface area contributed by atoms with Crippen LogP contribution in [-0.2, 0) is 0 Å². The van der Waals surface area contributed by atoms with Crippen LogP contribution in [0, 0.1) is 5.41 Å². The lowest BCUT2D eigenvalue weighted by molar-refractivity contribution is 0.322. The second-order valence-electron chi connectivity index (χ2n) is 3.42. The van der Waals surface area contributed by atoms with Gasteiger partial charge < -0.3 is 0 Å². The molecule has 1 fully saturated rings. The molecule has 1 aliphatic rings. The molecule has 1 heteroatoms. The van der Waals surface area contributed by atoms with Gasteiger partial charge in [0.15, 0.2) is 0 Å². The van der Waals surface area contributed by atoms with Gasteiger partial charge in [0.05, 0.1) is 6.67 Å². The summed E-state index contributed by atoms with van der Waals surface area (Å²) in [6, 6.07) is 0. The largest absolute Gasteiger partial charge is 0.250 e. The molecule has 0 unspecified atom stereocenters. The van der Waals surface area contributed by atoms with Crippen LogP contribution in [0.4, 0.5) is 4.39 Å². The van der Waals surface area contributed by atoms with Crippen LogP contribution in [0.5, 0.6) is 0 Å². The van der Waals surface area contributed by atoms with Gasteiger partial charge in [0.25, 0.3) is 0 Å². The molecular formula is C8H13F. The van der Waals surface area contributed by atoms with E-state index in [-0.39, 0.29) is 12.1 Å². The van der Waals surface area contributed by atoms with E-state index in [4.69, 9.17) is 0 Å². The van der Waals surface area contributed by atoms with E-state index < -0.39 is 0 Å². The SMILES string of the molecule is CC(C)(C=C1CC1)CF. The van der Waals surface area contributed by atoms with Crippen molar-refractivity contribution in [3.05, 3.63) is 11.6 Å². The fourth-order valence-electron chi connectivity index (χ4n) is 0.808. The van der Waals surface area contributed by atoms with Crippen molar-refractivity contribution in [3.8, 4) is 0 Å². The monoisotopic (exact) mass is 128 g/mol. The third kappa shape index (κ3) is 2.17. The van der Waals surface area contributed by atoms with Crippen molar-refractivity contribution in [3.63, 3.8) is 0 Å². The second-order valence-corrected chi connectivity index (χ2v) is 3.42. The first-order valence-corrected chi connectivity index (χ1v) is 3.41. The van der Waals surface area contributed by atoms with E-state index in [0.29, 0.717) is 0 Å². The van der Waals surface area contributed by atoms with E-state index in [1.807, 2.05) is 13.8 Å². The van der Waals surface area contributed by atoms with E-state index in [1.54, 1.807) is 0 Å². The highest BCUT2D eigenvalue weighted by Crippen LogP contribution is 2.33. The van der Waals surface area contributed by atoms with Gasteiger partial charge in [-0.05, 0) is 12.8 Å². The molecule has 0 aromatic rings. The number of hydrogen-bond acceptors (Lipinski definition) is 0. The van der Waals surface area contributed by atoms with Crippen molar-refractivity contribution in [2.24, 2.45) is 5.41 Å². The molecule has 52 valence electrons. The molecule has 0 bridgehead atoms. The van der Waals surface area contributed by atoms with Crippen molar-refractivity contribution in [2.45, 2.75) is 26.7 Å². The maximum atomic E-state index is 12.1. The summed E-state index contributed by atoms with van der Waals surface area (Å²) in [6.07, 6.45) is 4.46. The summed E-state index contributed by atoms with van der Waals surface area (Å²) >= 11 is 0. The predicted molar refractivity (Wildman–Crippen MR) is 37.1 cm³/mol. The number of halogens is 1. The number of allylic oxidation sites excluding steroid dienone is 2. The Labute approximate surface area is 55.8 Å². The zero-order valence-corrected chi connectivity index (χ0v) is 6.08. The van der Waals surface area contributed by atoms with Gasteiger partial charge in [0.2, 0.25) is 0 Å². The highest BCUT2D eigenvalue weighted by Gasteiger charge is 2.19. The highest BCUT2D eigenvalue weighted by molar-refractivity contribution is 5.19. The Bertz CT molecular complexity index is 128. The van der Waals surface area contributed by atoms with Gasteiger partial charge in [0.1, 0.15) is 0 Å². The van der Waals surface area contributed by atoms with Gasteiger partial charge in [-0.25, -0.2) is 0 Å². The number of hydrogen-bond donors (Lipinski definition) is 0. The minimum absolute atomic E-state index is 0.203. The Morgan fingerprint density at radius 3 is 2.44 bits per heavy atom. The maximum absolute atomic E-state index is 12.1. The smallest absolute Gasteiger partial charge is 0.0979 e. The number of rotatable bonds is 2. The van der Waals surface area contributed by atoms with Gasteiger partial charge in [0, 0.05) is 5.41 Å². The second kappa shape index (κ2) is 2.13. The molecule has 0 aromatic carbocycles. The lowest BCUT2D eigenvalue weighted by Gasteiger charge is -2.13. The van der Waals surface area contributed by atoms with Crippen molar-refractivity contribution >= 4 is 0 Å². The van der Waals surface area contributed by atoms with Crippen molar-refractivity contribution in [1.29, 1.82) is 0 Å². The summed E-state index contributed by atoms with van der Waals surface area (Å²) in [5.41, 5.74) is 1.23. The van der Waals surface area contributed by atoms with Crippen LogP contribution in [0.3, 0.4) is 0 Å². The van der Waals surface area contributed by atoms with E-state index in [2.05, 4.69) is 6.08 Å². The molecule has 1 saturated carbocycles. The van der Waals surface area contributed by atoms with E-state index in [1.165, 1.54) is 18.4 Å². The van der Waals surface area contributed by atoms with Crippen LogP contribution in [-0.4, -0.2) is 6.67 Å². The molecule has 0 aliphatic heterocycles. The first-order valence-electron chi connectivity index (χ1n) is 3.41. The molecule has 0 saturated heterocycles. The Hall–Kier alpha value is -0.330. The molecule has 0 spiro atoms. The summed E-state index contributed by atoms with van der Waals surface area (Å²) in [6.45, 7) is 3.62. The van der Waals surface area contributed by atoms with Crippen molar-refractivity contribution in [1.82, 2.24) is 0 Å². The van der Waals surface area contributed by atoms with Crippen molar-refractivity contribution in [2.75, 3.05) is 6.67 Å². The van der Waals surface area contributed by atoms with Gasteiger partial charge >= 0.3 is 0 Å². The third-order valence-electron chi connectivity index (χ3n) is 1.48. The van der Waals surface area contributed by atoms with Crippen LogP contribution in [0.25, 0.3) is 0 Å². The molecule has 0 N–H and O–H groups in total. The summed E-state index contributed by atoms with van der Waals surface area (Å²) in [5.74, 6) is 0. The molecule has 9 heavy (non-hydrogen) atoms. The Morgan fingerprint density at radius 2 is 2.11 bits per heavy atom. The van der Waals surface area contributed by atoms with Crippen LogP contribution < -0.4 is 0 Å². The molecule has 0 amide bonds. The van der Waals surface area contributed by atoms with Crippen LogP contribution in [0.15, 0.2) is 11.6 Å². The van der Waals surface area contributed by atoms with Crippen LogP contribution in [0.1, 0.15) is 26.7 Å². The average molecular weight is 128 g/mol. The highest BCUT2D eigenvalue weighted by atomic mass is 19.1. The minimum atomic E-state index is -0.240. The molecule has 0 radical (unpaired) electrons. The normalized spacial score (nSPS) is 17.9. The predicted octanol–water partition coefficient (Wildman–Crippen LogP) is 2.70. The van der Waals surface area contributed by atoms with Crippen molar-refractivity contribution < 1.29 is 4.39 Å². The summed E-state index contributed by atoms with van der Waals surface area (Å²) in [4.78, 5) is 0. The summed E-state index contributed by atoms with van der Waals surface area (Å²) < 4.78 is 12.1. The first-order chi connectivity index (χ1) is 4.14. The Balaban J connectivity index is 2.48.